The van der Waals surface area contributed by atoms with Crippen LogP contribution in [0.1, 0.15) is 173 Å². The first-order valence-electron chi connectivity index (χ1n) is 41.5. The summed E-state index contributed by atoms with van der Waals surface area (Å²) in [6.07, 6.45) is 6.53. The van der Waals surface area contributed by atoms with E-state index in [0.717, 1.165) is 29.5 Å². The van der Waals surface area contributed by atoms with Gasteiger partial charge in [-0.2, -0.15) is 4.98 Å². The number of para-hydroxylation sites is 3. The number of nitrogens with two attached hydrogens (primary N) is 1. The molecule has 18 N–H and O–H groups in total. The van der Waals surface area contributed by atoms with Crippen molar-refractivity contribution in [3.8, 4) is 23.3 Å². The predicted molar refractivity (Wildman–Crippen MR) is 454 cm³/mol. The summed E-state index contributed by atoms with van der Waals surface area (Å²) in [6, 6.07) is 33.2. The second-order valence-corrected chi connectivity index (χ2v) is 29.4. The molecule has 0 spiro atoms. The van der Waals surface area contributed by atoms with Gasteiger partial charge in [-0.15, -0.1) is 0 Å². The van der Waals surface area contributed by atoms with Crippen molar-refractivity contribution >= 4 is 70.8 Å². The molecule has 0 radical (unpaired) electrons. The number of aromatic nitrogens is 2. The summed E-state index contributed by atoms with van der Waals surface area (Å²) in [7, 11) is 0. The van der Waals surface area contributed by atoms with Gasteiger partial charge in [0, 0.05) is 221 Å². The number of carbonyl (C=O) groups excluding carboxylic acids is 11. The minimum absolute atomic E-state index is 0.0113. The number of amides is 11. The predicted octanol–water partition coefficient (Wildman–Crippen LogP) is 0.970. The molecule has 122 heavy (non-hydrogen) atoms. The van der Waals surface area contributed by atoms with Crippen LogP contribution >= 0.6 is 0 Å². The van der Waals surface area contributed by atoms with E-state index in [4.69, 9.17) is 10.5 Å². The van der Waals surface area contributed by atoms with Crippen molar-refractivity contribution in [2.45, 2.75) is 90.4 Å². The summed E-state index contributed by atoms with van der Waals surface area (Å²) in [4.78, 5) is 160. The summed E-state index contributed by atoms with van der Waals surface area (Å²) < 4.78 is 5.60. The van der Waals surface area contributed by atoms with Gasteiger partial charge in [0.2, 0.25) is 11.8 Å². The van der Waals surface area contributed by atoms with Crippen LogP contribution in [0.5, 0.6) is 23.3 Å². The van der Waals surface area contributed by atoms with Crippen LogP contribution in [-0.2, 0) is 29.3 Å². The molecular formula is C87H112N20O15-2. The highest BCUT2D eigenvalue weighted by Gasteiger charge is 2.25. The number of hydrogen-bond acceptors (Lipinski definition) is 24. The molecule has 3 heterocycles. The van der Waals surface area contributed by atoms with Crippen molar-refractivity contribution in [3.05, 3.63) is 206 Å². The van der Waals surface area contributed by atoms with E-state index in [1.54, 1.807) is 55.5 Å². The zero-order chi connectivity index (χ0) is 86.8. The molecule has 2 aliphatic rings. The van der Waals surface area contributed by atoms with E-state index in [0.29, 0.717) is 133 Å². The minimum Gasteiger partial charge on any atom is -0.871 e. The zero-order valence-electron chi connectivity index (χ0n) is 68.8. The average molecular weight is 1680 g/mol. The standard InChI is InChI=1S/C87H114N20O15/c1-58-64-13-8-14-65(58)80(115)97-44-48-106-49-45-98-83(118)69-18-10-16-67(76(69)111)82(117)96-43-40-91-36-37-92-56-63(12-6-7-32-93-73(108)21-4-2-3-5-22-74(109)102-54-60-27-29-62(30-28-60)78(113)103-55-59-23-25-61(26-24-59)57-122-87-101-33-31-72(88)105-87)104-86(121)71-20-11-19-70(77(71)112)85(120)100-47-51-107(53-52-106)50-46-99-84(119)68-17-9-15-66(75(68)110)81(116)95-42-39-90-35-34-89-38-41-94-79(64)114/h8-11,13-20,23-31,33,63,89-92,110-112H,2-7,12,21-22,32,34-57H2,1H3,(H,93,108)(H,94,114)(H,95,116)(H,96,117)(H,97,115)(H,98,118)(H,99,119)(H,100,120)(H,102,109)(H,103,113)(H,104,121)(H2,88,101,105)/p-2. The first-order chi connectivity index (χ1) is 59.2. The van der Waals surface area contributed by atoms with Crippen molar-refractivity contribution in [2.75, 3.05) is 150 Å². The van der Waals surface area contributed by atoms with Crippen molar-refractivity contribution in [2.24, 2.45) is 0 Å². The zero-order valence-corrected chi connectivity index (χ0v) is 68.8. The minimum atomic E-state index is -0.777. The molecule has 3 unspecified atom stereocenters. The molecule has 0 aliphatic carbocycles. The summed E-state index contributed by atoms with van der Waals surface area (Å²) >= 11 is 0. The normalized spacial score (nSPS) is 17.5. The third-order valence-corrected chi connectivity index (χ3v) is 20.5. The fourth-order valence-corrected chi connectivity index (χ4v) is 13.5. The number of carbonyl (C=O) groups is 11. The molecule has 0 saturated carbocycles. The van der Waals surface area contributed by atoms with Gasteiger partial charge in [-0.1, -0.05) is 109 Å². The van der Waals surface area contributed by atoms with E-state index < -0.39 is 64.6 Å². The van der Waals surface area contributed by atoms with Gasteiger partial charge in [-0.25, -0.2) is 4.98 Å². The van der Waals surface area contributed by atoms with Crippen LogP contribution in [0.3, 0.4) is 0 Å². The van der Waals surface area contributed by atoms with Crippen LogP contribution in [0.25, 0.3) is 0 Å². The molecule has 3 atom stereocenters. The van der Waals surface area contributed by atoms with E-state index in [2.05, 4.69) is 89.7 Å². The number of phenolic OH excluding ortho intramolecular Hbond substituents is 1. The van der Waals surface area contributed by atoms with Crippen LogP contribution in [0.2, 0.25) is 0 Å². The van der Waals surface area contributed by atoms with Gasteiger partial charge in [-0.05, 0) is 104 Å². The molecule has 2 aliphatic heterocycles. The number of hydrogen-bond donors (Lipinski definition) is 17. The number of nitrogens with zero attached hydrogens (tertiary/aromatic N) is 4. The van der Waals surface area contributed by atoms with Crippen LogP contribution in [0, 0.1) is 6.92 Å². The maximum atomic E-state index is 14.2. The third kappa shape index (κ3) is 30.9. The molecular weight excluding hydrogens is 1570 g/mol. The van der Waals surface area contributed by atoms with E-state index in [1.807, 2.05) is 34.1 Å². The molecule has 35 nitrogen and oxygen atoms in total. The first kappa shape index (κ1) is 93.2. The lowest BCUT2D eigenvalue weighted by Gasteiger charge is -2.28. The van der Waals surface area contributed by atoms with Crippen LogP contribution in [0.15, 0.2) is 134 Å². The Morgan fingerprint density at radius 3 is 1.32 bits per heavy atom. The number of unbranched alkanes of at least 4 members (excludes halogenated alkanes) is 4. The van der Waals surface area contributed by atoms with E-state index in [1.165, 1.54) is 60.8 Å². The Kier molecular flexibility index (Phi) is 38.5. The maximum absolute atomic E-state index is 14.2. The van der Waals surface area contributed by atoms with Gasteiger partial charge in [0.25, 0.3) is 53.2 Å². The molecule has 10 bridgehead atoms. The Morgan fingerprint density at radius 1 is 0.443 bits per heavy atom. The van der Waals surface area contributed by atoms with Crippen LogP contribution < -0.4 is 100 Å². The molecule has 0 fully saturated rings. The van der Waals surface area contributed by atoms with Crippen molar-refractivity contribution in [1.82, 2.24) is 99.5 Å². The number of rotatable bonds is 20. The van der Waals surface area contributed by atoms with Crippen LogP contribution in [-0.4, -0.2) is 240 Å². The van der Waals surface area contributed by atoms with E-state index in [-0.39, 0.29) is 167 Å². The molecule has 1 aromatic heterocycles. The summed E-state index contributed by atoms with van der Waals surface area (Å²) in [6.45, 7) is 7.89. The van der Waals surface area contributed by atoms with Crippen molar-refractivity contribution in [1.29, 1.82) is 0 Å². The van der Waals surface area contributed by atoms with E-state index >= 15 is 0 Å². The lowest BCUT2D eigenvalue weighted by molar-refractivity contribution is -0.269. The fourth-order valence-electron chi connectivity index (χ4n) is 13.5. The lowest BCUT2D eigenvalue weighted by atomic mass is 10.0. The third-order valence-electron chi connectivity index (χ3n) is 20.5. The van der Waals surface area contributed by atoms with Gasteiger partial charge >= 0.3 is 6.01 Å². The number of aromatic hydroxyl groups is 1. The van der Waals surface area contributed by atoms with Gasteiger partial charge in [0.05, 0.1) is 11.1 Å². The highest BCUT2D eigenvalue weighted by Crippen LogP contribution is 2.25. The largest absolute Gasteiger partial charge is 0.871 e. The fraction of sp³-hybridized carbons (Fsp3) is 0.414. The number of anilines is 1. The van der Waals surface area contributed by atoms with E-state index in [9.17, 15) is 68.1 Å². The van der Waals surface area contributed by atoms with Gasteiger partial charge in [0.1, 0.15) is 18.2 Å². The Balaban J connectivity index is 0.775. The molecule has 652 valence electrons. The molecule has 35 heteroatoms. The molecule has 7 aromatic rings. The van der Waals surface area contributed by atoms with Crippen molar-refractivity contribution < 1.29 is 72.8 Å². The molecule has 0 saturated heterocycles. The first-order valence-corrected chi connectivity index (χ1v) is 41.5. The van der Waals surface area contributed by atoms with Gasteiger partial charge in [-0.3, -0.25) is 62.5 Å². The molecule has 11 amide bonds. The second-order valence-electron chi connectivity index (χ2n) is 29.4. The second kappa shape index (κ2) is 50.4. The smallest absolute Gasteiger partial charge is 0.318 e. The number of phenols is 1. The van der Waals surface area contributed by atoms with Crippen LogP contribution in [0.4, 0.5) is 5.82 Å². The monoisotopic (exact) mass is 1680 g/mol. The number of nitrogen functional groups attached to an aromatic ring is 1. The Bertz CT molecular complexity index is 4670. The number of ether oxygens (including phenoxy) is 1. The number of benzene rings is 6. The molecule has 6 aromatic carbocycles. The Hall–Kier alpha value is -12.7. The maximum Gasteiger partial charge on any atom is 0.318 e. The lowest BCUT2D eigenvalue weighted by Crippen LogP contribution is -2.46. The summed E-state index contributed by atoms with van der Waals surface area (Å²) in [5.41, 5.74) is 8.54. The SMILES string of the molecule is Cc1c2cccc1C(=O)NCCN1CCNC(=O)c3cccc(c3[O-])C(=O)NCCNCCNCC(CCCCNC(=O)CCCCCCC(=O)NCc3ccc(C(=O)NCc4ccc(COc5nccc(N)n5)cc4)cc3)NC(=O)c3cccc(c3O)C(=O)NCCN(CCNC(=O)c3cccc(c3[O-])C(=O)NCCNCCNCCNC2=O)CC1. The highest BCUT2D eigenvalue weighted by atomic mass is 16.5. The number of nitrogens with one attached hydrogen (secondary N) is 15. The summed E-state index contributed by atoms with van der Waals surface area (Å²) in [5, 5.41) is 83.7. The van der Waals surface area contributed by atoms with Gasteiger partial charge < -0.3 is 106 Å². The number of fused-ring (bicyclic) bond motifs is 11. The Morgan fingerprint density at radius 2 is 0.836 bits per heavy atom. The highest BCUT2D eigenvalue weighted by molar-refractivity contribution is 6.06. The Labute approximate surface area is 709 Å². The van der Waals surface area contributed by atoms with Crippen molar-refractivity contribution in [3.63, 3.8) is 0 Å². The van der Waals surface area contributed by atoms with Gasteiger partial charge in [0.15, 0.2) is 0 Å². The average Bonchev–Trinajstić information content (AvgIpc) is 0.839. The summed E-state index contributed by atoms with van der Waals surface area (Å²) in [5.74, 6) is -7.24. The quantitative estimate of drug-likeness (QED) is 0.0473. The molecule has 9 rings (SSSR count). The topological polar surface area (TPSA) is 502 Å².